The van der Waals surface area contributed by atoms with Crippen molar-refractivity contribution in [2.24, 2.45) is 0 Å². The number of carbonyl (C=O) groups is 1. The first kappa shape index (κ1) is 16.4. The van der Waals surface area contributed by atoms with Crippen molar-refractivity contribution in [1.82, 2.24) is 9.55 Å². The fraction of sp³-hybridized carbons (Fsp3) is 0.105. The number of aliphatic carboxylic acids is 1. The summed E-state index contributed by atoms with van der Waals surface area (Å²) in [5.74, 6) is -0.477. The van der Waals surface area contributed by atoms with E-state index in [9.17, 15) is 9.59 Å². The Morgan fingerprint density at radius 1 is 1.08 bits per heavy atom. The van der Waals surface area contributed by atoms with Gasteiger partial charge >= 0.3 is 5.97 Å². The van der Waals surface area contributed by atoms with Crippen molar-refractivity contribution >= 4 is 5.97 Å². The Kier molecular flexibility index (Phi) is 4.89. The van der Waals surface area contributed by atoms with Crippen LogP contribution < -0.4 is 10.3 Å². The molecule has 0 atom stereocenters. The second kappa shape index (κ2) is 7.44. The maximum absolute atomic E-state index is 11.7. The van der Waals surface area contributed by atoms with Crippen molar-refractivity contribution in [2.75, 3.05) is 0 Å². The third-order valence-corrected chi connectivity index (χ3v) is 3.58. The van der Waals surface area contributed by atoms with Crippen LogP contribution in [0.25, 0.3) is 11.1 Å². The summed E-state index contributed by atoms with van der Waals surface area (Å²) in [6.45, 7) is 0.0365. The summed E-state index contributed by atoms with van der Waals surface area (Å²) in [4.78, 5) is 26.7. The van der Waals surface area contributed by atoms with Crippen LogP contribution in [0.4, 0.5) is 0 Å². The number of ether oxygens (including phenoxy) is 1. The second-order valence-corrected chi connectivity index (χ2v) is 5.46. The summed E-state index contributed by atoms with van der Waals surface area (Å²) in [6.07, 6.45) is 4.76. The zero-order valence-electron chi connectivity index (χ0n) is 13.3. The molecule has 126 valence electrons. The average Bonchev–Trinajstić information content (AvgIpc) is 2.62. The predicted octanol–water partition coefficient (Wildman–Crippen LogP) is 2.57. The molecule has 2 heterocycles. The molecule has 25 heavy (non-hydrogen) atoms. The van der Waals surface area contributed by atoms with Gasteiger partial charge in [0, 0.05) is 24.0 Å². The molecule has 0 aliphatic carbocycles. The van der Waals surface area contributed by atoms with Gasteiger partial charge < -0.3 is 14.4 Å². The molecule has 0 amide bonds. The third-order valence-electron chi connectivity index (χ3n) is 3.58. The number of carboxylic acids is 1. The molecule has 6 heteroatoms. The molecule has 3 aromatic rings. The molecule has 0 radical (unpaired) electrons. The maximum Gasteiger partial charge on any atom is 0.323 e. The number of hydrogen-bond acceptors (Lipinski definition) is 4. The summed E-state index contributed by atoms with van der Waals surface area (Å²) in [5.41, 5.74) is 2.11. The second-order valence-electron chi connectivity index (χ2n) is 5.46. The minimum absolute atomic E-state index is 0.365. The lowest BCUT2D eigenvalue weighted by Crippen LogP contribution is -2.22. The quantitative estimate of drug-likeness (QED) is 0.748. The molecular weight excluding hydrogens is 320 g/mol. The number of benzene rings is 1. The van der Waals surface area contributed by atoms with E-state index in [1.165, 1.54) is 12.3 Å². The van der Waals surface area contributed by atoms with Crippen LogP contribution in [0.2, 0.25) is 0 Å². The molecular formula is C19H16N2O4. The van der Waals surface area contributed by atoms with Crippen LogP contribution in [0.1, 0.15) is 5.56 Å². The fourth-order valence-corrected chi connectivity index (χ4v) is 2.37. The van der Waals surface area contributed by atoms with Crippen LogP contribution in [0.15, 0.2) is 71.9 Å². The molecule has 0 unspecified atom stereocenters. The lowest BCUT2D eigenvalue weighted by Gasteiger charge is -2.09. The molecule has 1 aromatic carbocycles. The summed E-state index contributed by atoms with van der Waals surface area (Å²) in [6, 6.07) is 14.6. The molecule has 2 aromatic heterocycles. The highest BCUT2D eigenvalue weighted by molar-refractivity contribution is 5.67. The van der Waals surface area contributed by atoms with Crippen LogP contribution >= 0.6 is 0 Å². The molecule has 0 bridgehead atoms. The molecule has 6 nitrogen and oxygen atoms in total. The first-order valence-electron chi connectivity index (χ1n) is 7.66. The lowest BCUT2D eigenvalue weighted by atomic mass is 10.1. The fourth-order valence-electron chi connectivity index (χ4n) is 2.37. The van der Waals surface area contributed by atoms with Gasteiger partial charge in [-0.15, -0.1) is 0 Å². The standard InChI is InChI=1S/C19H16N2O4/c22-18-7-6-15(11-21(18)12-19(23)24)16-8-17(10-20-9-16)25-13-14-4-2-1-3-5-14/h1-11H,12-13H2,(H,23,24). The molecule has 0 saturated carbocycles. The molecule has 0 aliphatic heterocycles. The maximum atomic E-state index is 11.7. The largest absolute Gasteiger partial charge is 0.487 e. The van der Waals surface area contributed by atoms with Gasteiger partial charge in [-0.3, -0.25) is 14.6 Å². The molecule has 0 aliphatic rings. The van der Waals surface area contributed by atoms with Crippen molar-refractivity contribution < 1.29 is 14.6 Å². The van der Waals surface area contributed by atoms with Crippen LogP contribution in [0.5, 0.6) is 5.75 Å². The zero-order chi connectivity index (χ0) is 17.6. The Morgan fingerprint density at radius 2 is 1.88 bits per heavy atom. The van der Waals surface area contributed by atoms with Gasteiger partial charge in [-0.2, -0.15) is 0 Å². The van der Waals surface area contributed by atoms with Gasteiger partial charge in [0.15, 0.2) is 0 Å². The molecule has 3 rings (SSSR count). The SMILES string of the molecule is O=C(O)Cn1cc(-c2cncc(OCc3ccccc3)c2)ccc1=O. The minimum Gasteiger partial charge on any atom is -0.487 e. The summed E-state index contributed by atoms with van der Waals surface area (Å²) < 4.78 is 6.90. The van der Waals surface area contributed by atoms with Gasteiger partial charge in [0.2, 0.25) is 0 Å². The van der Waals surface area contributed by atoms with Crippen LogP contribution in [-0.4, -0.2) is 20.6 Å². The number of carboxylic acid groups (broad SMARTS) is 1. The average molecular weight is 336 g/mol. The third kappa shape index (κ3) is 4.32. The highest BCUT2D eigenvalue weighted by atomic mass is 16.5. The monoisotopic (exact) mass is 336 g/mol. The van der Waals surface area contributed by atoms with E-state index in [4.69, 9.17) is 9.84 Å². The van der Waals surface area contributed by atoms with E-state index < -0.39 is 5.97 Å². The summed E-state index contributed by atoms with van der Waals surface area (Å²) in [5, 5.41) is 8.88. The Morgan fingerprint density at radius 3 is 2.64 bits per heavy atom. The molecule has 0 fully saturated rings. The first-order chi connectivity index (χ1) is 12.1. The van der Waals surface area contributed by atoms with E-state index >= 15 is 0 Å². The highest BCUT2D eigenvalue weighted by Crippen LogP contribution is 2.22. The topological polar surface area (TPSA) is 81.4 Å². The van der Waals surface area contributed by atoms with E-state index in [1.54, 1.807) is 24.5 Å². The Hall–Kier alpha value is -3.41. The number of rotatable bonds is 6. The van der Waals surface area contributed by atoms with Crippen LogP contribution in [-0.2, 0) is 17.9 Å². The van der Waals surface area contributed by atoms with Crippen LogP contribution in [0, 0.1) is 0 Å². The lowest BCUT2D eigenvalue weighted by molar-refractivity contribution is -0.137. The van der Waals surface area contributed by atoms with Gasteiger partial charge in [-0.1, -0.05) is 30.3 Å². The first-order valence-corrected chi connectivity index (χ1v) is 7.66. The van der Waals surface area contributed by atoms with Gasteiger partial charge in [0.25, 0.3) is 5.56 Å². The van der Waals surface area contributed by atoms with Gasteiger partial charge in [-0.25, -0.2) is 0 Å². The van der Waals surface area contributed by atoms with E-state index in [-0.39, 0.29) is 12.1 Å². The van der Waals surface area contributed by atoms with Crippen molar-refractivity contribution in [3.63, 3.8) is 0 Å². The number of hydrogen-bond donors (Lipinski definition) is 1. The molecule has 0 spiro atoms. The Balaban J connectivity index is 1.81. The highest BCUT2D eigenvalue weighted by Gasteiger charge is 2.06. The van der Waals surface area contributed by atoms with Gasteiger partial charge in [-0.05, 0) is 23.3 Å². The van der Waals surface area contributed by atoms with Crippen molar-refractivity contribution in [1.29, 1.82) is 0 Å². The van der Waals surface area contributed by atoms with E-state index in [0.29, 0.717) is 17.9 Å². The van der Waals surface area contributed by atoms with Crippen molar-refractivity contribution in [2.45, 2.75) is 13.2 Å². The van der Waals surface area contributed by atoms with Crippen molar-refractivity contribution in [3.05, 3.63) is 83.0 Å². The summed E-state index contributed by atoms with van der Waals surface area (Å²) in [7, 11) is 0. The number of nitrogens with zero attached hydrogens (tertiary/aromatic N) is 2. The predicted molar refractivity (Wildman–Crippen MR) is 92.3 cm³/mol. The van der Waals surface area contributed by atoms with Gasteiger partial charge in [0.05, 0.1) is 6.20 Å². The van der Waals surface area contributed by atoms with Crippen molar-refractivity contribution in [3.8, 4) is 16.9 Å². The van der Waals surface area contributed by atoms with Crippen LogP contribution in [0.3, 0.4) is 0 Å². The minimum atomic E-state index is -1.07. The Labute approximate surface area is 144 Å². The van der Waals surface area contributed by atoms with Gasteiger partial charge in [0.1, 0.15) is 18.9 Å². The molecule has 1 N–H and O–H groups in total. The van der Waals surface area contributed by atoms with E-state index in [1.807, 2.05) is 30.3 Å². The van der Waals surface area contributed by atoms with E-state index in [0.717, 1.165) is 15.7 Å². The Bertz CT molecular complexity index is 935. The normalized spacial score (nSPS) is 10.4. The van der Waals surface area contributed by atoms with E-state index in [2.05, 4.69) is 4.98 Å². The zero-order valence-corrected chi connectivity index (χ0v) is 13.3. The summed E-state index contributed by atoms with van der Waals surface area (Å²) >= 11 is 0. The number of pyridine rings is 2. The number of aromatic nitrogens is 2. The molecule has 0 saturated heterocycles. The smallest absolute Gasteiger partial charge is 0.323 e.